The molecule has 2 aromatic heterocycles. The molecule has 1 fully saturated rings. The van der Waals surface area contributed by atoms with Gasteiger partial charge in [0.2, 0.25) is 0 Å². The molecule has 0 saturated carbocycles. The molecule has 1 aromatic carbocycles. The Morgan fingerprint density at radius 3 is 2.71 bits per heavy atom. The Labute approximate surface area is 123 Å². The summed E-state index contributed by atoms with van der Waals surface area (Å²) in [4.78, 5) is 0. The molecular weight excluding hydrogens is 262 g/mol. The van der Waals surface area contributed by atoms with Crippen molar-refractivity contribution in [3.05, 3.63) is 47.8 Å². The highest BCUT2D eigenvalue weighted by Gasteiger charge is 2.22. The van der Waals surface area contributed by atoms with E-state index in [1.54, 1.807) is 0 Å². The van der Waals surface area contributed by atoms with Gasteiger partial charge in [-0.2, -0.15) is 9.61 Å². The Kier molecular flexibility index (Phi) is 2.93. The Hall–Kier alpha value is -2.27. The van der Waals surface area contributed by atoms with Crippen molar-refractivity contribution in [3.63, 3.8) is 0 Å². The van der Waals surface area contributed by atoms with Crippen molar-refractivity contribution in [1.29, 1.82) is 0 Å². The standard InChI is InChI=1S/C16H17N5/c1-11-4-6-12(7-5-11)13-8-9-15-18-19-16(21(15)20-13)14-3-2-10-17-14/h4-9,14,17H,2-3,10H2,1H3/t14-/m1/s1. The lowest BCUT2D eigenvalue weighted by atomic mass is 10.1. The van der Waals surface area contributed by atoms with Gasteiger partial charge in [-0.3, -0.25) is 0 Å². The second kappa shape index (κ2) is 4.93. The maximum atomic E-state index is 4.73. The van der Waals surface area contributed by atoms with Crippen LogP contribution in [0.3, 0.4) is 0 Å². The highest BCUT2D eigenvalue weighted by molar-refractivity contribution is 5.60. The first kappa shape index (κ1) is 12.5. The van der Waals surface area contributed by atoms with Crippen LogP contribution >= 0.6 is 0 Å². The average molecular weight is 279 g/mol. The van der Waals surface area contributed by atoms with Gasteiger partial charge in [0.25, 0.3) is 0 Å². The molecule has 0 aliphatic carbocycles. The van der Waals surface area contributed by atoms with Crippen LogP contribution in [0.25, 0.3) is 16.9 Å². The van der Waals surface area contributed by atoms with E-state index in [0.29, 0.717) is 0 Å². The molecule has 1 aliphatic rings. The molecule has 1 aliphatic heterocycles. The maximum Gasteiger partial charge on any atom is 0.178 e. The van der Waals surface area contributed by atoms with E-state index in [1.165, 1.54) is 12.0 Å². The number of rotatable bonds is 2. The van der Waals surface area contributed by atoms with Gasteiger partial charge in [-0.05, 0) is 38.4 Å². The number of hydrogen-bond acceptors (Lipinski definition) is 4. The molecule has 0 unspecified atom stereocenters. The smallest absolute Gasteiger partial charge is 0.178 e. The molecule has 0 spiro atoms. The van der Waals surface area contributed by atoms with Crippen LogP contribution in [0.4, 0.5) is 0 Å². The van der Waals surface area contributed by atoms with Crippen LogP contribution in [0.15, 0.2) is 36.4 Å². The number of hydrogen-bond donors (Lipinski definition) is 1. The highest BCUT2D eigenvalue weighted by atomic mass is 15.4. The number of nitrogens with one attached hydrogen (secondary N) is 1. The summed E-state index contributed by atoms with van der Waals surface area (Å²) < 4.78 is 1.87. The van der Waals surface area contributed by atoms with Crippen molar-refractivity contribution >= 4 is 5.65 Å². The Morgan fingerprint density at radius 2 is 1.95 bits per heavy atom. The topological polar surface area (TPSA) is 55.1 Å². The van der Waals surface area contributed by atoms with Crippen molar-refractivity contribution in [1.82, 2.24) is 25.1 Å². The molecule has 1 atom stereocenters. The Morgan fingerprint density at radius 1 is 1.10 bits per heavy atom. The second-order valence-corrected chi connectivity index (χ2v) is 5.56. The third-order valence-corrected chi connectivity index (χ3v) is 4.01. The molecule has 5 heteroatoms. The van der Waals surface area contributed by atoms with E-state index in [2.05, 4.69) is 46.7 Å². The van der Waals surface area contributed by atoms with E-state index >= 15 is 0 Å². The van der Waals surface area contributed by atoms with Gasteiger partial charge in [0, 0.05) is 5.56 Å². The van der Waals surface area contributed by atoms with Gasteiger partial charge in [0.1, 0.15) is 0 Å². The van der Waals surface area contributed by atoms with Crippen LogP contribution < -0.4 is 5.32 Å². The molecule has 3 aromatic rings. The third-order valence-electron chi connectivity index (χ3n) is 4.01. The SMILES string of the molecule is Cc1ccc(-c2ccc3nnc([C@H]4CCCN4)n3n2)cc1. The highest BCUT2D eigenvalue weighted by Crippen LogP contribution is 2.23. The summed E-state index contributed by atoms with van der Waals surface area (Å²) in [6.07, 6.45) is 2.27. The first-order chi connectivity index (χ1) is 10.3. The monoisotopic (exact) mass is 279 g/mol. The summed E-state index contributed by atoms with van der Waals surface area (Å²) >= 11 is 0. The number of benzene rings is 1. The lowest BCUT2D eigenvalue weighted by Crippen LogP contribution is -2.16. The Bertz CT molecular complexity index is 769. The van der Waals surface area contributed by atoms with Gasteiger partial charge < -0.3 is 5.32 Å². The van der Waals surface area contributed by atoms with Crippen molar-refractivity contribution in [3.8, 4) is 11.3 Å². The molecule has 106 valence electrons. The van der Waals surface area contributed by atoms with Crippen molar-refractivity contribution in [2.24, 2.45) is 0 Å². The fraction of sp³-hybridized carbons (Fsp3) is 0.312. The minimum absolute atomic E-state index is 0.265. The summed E-state index contributed by atoms with van der Waals surface area (Å²) in [5.74, 6) is 0.913. The van der Waals surface area contributed by atoms with Crippen molar-refractivity contribution in [2.75, 3.05) is 6.54 Å². The number of nitrogens with zero attached hydrogens (tertiary/aromatic N) is 4. The van der Waals surface area contributed by atoms with Crippen LogP contribution in [-0.4, -0.2) is 26.4 Å². The molecule has 3 heterocycles. The molecule has 4 rings (SSSR count). The van der Waals surface area contributed by atoms with Crippen LogP contribution in [0.5, 0.6) is 0 Å². The molecule has 1 saturated heterocycles. The predicted octanol–water partition coefficient (Wildman–Crippen LogP) is 2.52. The van der Waals surface area contributed by atoms with Crippen LogP contribution in [0, 0.1) is 6.92 Å². The van der Waals surface area contributed by atoms with E-state index in [1.807, 2.05) is 16.6 Å². The molecule has 0 radical (unpaired) electrons. The zero-order chi connectivity index (χ0) is 14.2. The second-order valence-electron chi connectivity index (χ2n) is 5.56. The van der Waals surface area contributed by atoms with E-state index in [4.69, 9.17) is 5.10 Å². The summed E-state index contributed by atoms with van der Waals surface area (Å²) in [6, 6.07) is 12.7. The number of aromatic nitrogens is 4. The van der Waals surface area contributed by atoms with Crippen LogP contribution in [0.2, 0.25) is 0 Å². The molecule has 0 bridgehead atoms. The molecule has 0 amide bonds. The summed E-state index contributed by atoms with van der Waals surface area (Å²) in [7, 11) is 0. The number of fused-ring (bicyclic) bond motifs is 1. The molecule has 5 nitrogen and oxygen atoms in total. The third kappa shape index (κ3) is 2.19. The maximum absolute atomic E-state index is 4.73. The van der Waals surface area contributed by atoms with E-state index in [0.717, 1.165) is 35.7 Å². The first-order valence-electron chi connectivity index (χ1n) is 7.34. The largest absolute Gasteiger partial charge is 0.307 e. The predicted molar refractivity (Wildman–Crippen MR) is 80.9 cm³/mol. The van der Waals surface area contributed by atoms with E-state index in [-0.39, 0.29) is 6.04 Å². The summed E-state index contributed by atoms with van der Waals surface area (Å²) in [5, 5.41) is 16.7. The van der Waals surface area contributed by atoms with Crippen molar-refractivity contribution < 1.29 is 0 Å². The fourth-order valence-electron chi connectivity index (χ4n) is 2.81. The van der Waals surface area contributed by atoms with Crippen molar-refractivity contribution in [2.45, 2.75) is 25.8 Å². The minimum atomic E-state index is 0.265. The van der Waals surface area contributed by atoms with Gasteiger partial charge in [-0.15, -0.1) is 10.2 Å². The van der Waals surface area contributed by atoms with E-state index < -0.39 is 0 Å². The summed E-state index contributed by atoms with van der Waals surface area (Å²) in [5.41, 5.74) is 4.11. The van der Waals surface area contributed by atoms with Gasteiger partial charge in [0.05, 0.1) is 11.7 Å². The zero-order valence-corrected chi connectivity index (χ0v) is 12.0. The van der Waals surface area contributed by atoms with Crippen LogP contribution in [0.1, 0.15) is 30.3 Å². The van der Waals surface area contributed by atoms with Gasteiger partial charge in [0.15, 0.2) is 11.5 Å². The first-order valence-corrected chi connectivity index (χ1v) is 7.34. The zero-order valence-electron chi connectivity index (χ0n) is 12.0. The average Bonchev–Trinajstić information content (AvgIpc) is 3.16. The fourth-order valence-corrected chi connectivity index (χ4v) is 2.81. The van der Waals surface area contributed by atoms with Gasteiger partial charge in [-0.1, -0.05) is 29.8 Å². The normalized spacial score (nSPS) is 18.4. The molecular formula is C16H17N5. The minimum Gasteiger partial charge on any atom is -0.307 e. The van der Waals surface area contributed by atoms with E-state index in [9.17, 15) is 0 Å². The number of aryl methyl sites for hydroxylation is 1. The molecule has 1 N–H and O–H groups in total. The summed E-state index contributed by atoms with van der Waals surface area (Å²) in [6.45, 7) is 3.13. The Balaban J connectivity index is 1.80. The van der Waals surface area contributed by atoms with Crippen LogP contribution in [-0.2, 0) is 0 Å². The van der Waals surface area contributed by atoms with Gasteiger partial charge >= 0.3 is 0 Å². The quantitative estimate of drug-likeness (QED) is 0.783. The lowest BCUT2D eigenvalue weighted by molar-refractivity contribution is 0.585. The van der Waals surface area contributed by atoms with Gasteiger partial charge in [-0.25, -0.2) is 0 Å². The molecule has 21 heavy (non-hydrogen) atoms. The lowest BCUT2D eigenvalue weighted by Gasteiger charge is -2.08.